The van der Waals surface area contributed by atoms with Crippen molar-refractivity contribution in [1.82, 2.24) is 14.8 Å². The molecule has 106 valence electrons. The number of nitrogens with zero attached hydrogens (tertiary/aromatic N) is 2. The summed E-state index contributed by atoms with van der Waals surface area (Å²) in [6.07, 6.45) is 0. The minimum absolute atomic E-state index is 0.0698. The number of likely N-dealkylation sites (N-methyl/N-ethyl adjacent to an activating group) is 1. The molecule has 1 atom stereocenters. The Morgan fingerprint density at radius 1 is 1.35 bits per heavy atom. The van der Waals surface area contributed by atoms with Crippen molar-refractivity contribution >= 4 is 22.5 Å². The van der Waals surface area contributed by atoms with Gasteiger partial charge in [0.2, 0.25) is 0 Å². The Balaban J connectivity index is 1.88. The third kappa shape index (κ3) is 2.25. The van der Waals surface area contributed by atoms with Crippen molar-refractivity contribution in [3.63, 3.8) is 0 Å². The van der Waals surface area contributed by atoms with E-state index in [2.05, 4.69) is 23.9 Å². The Kier molecular flexibility index (Phi) is 3.14. The number of amides is 1. The number of hydrogen-bond donors (Lipinski definition) is 2. The number of carbonyl (C=O) groups excluding carboxylic acids is 1. The van der Waals surface area contributed by atoms with Gasteiger partial charge in [-0.05, 0) is 38.2 Å². The number of hydrogen-bond acceptors (Lipinski definition) is 3. The van der Waals surface area contributed by atoms with Crippen LogP contribution in [0.1, 0.15) is 17.4 Å². The van der Waals surface area contributed by atoms with Crippen LogP contribution in [-0.2, 0) is 0 Å². The average molecular weight is 272 g/mol. The molecule has 0 saturated carbocycles. The zero-order chi connectivity index (χ0) is 14.3. The monoisotopic (exact) mass is 272 g/mol. The third-order valence-corrected chi connectivity index (χ3v) is 3.97. The topological polar surface area (TPSA) is 65.4 Å². The zero-order valence-corrected chi connectivity index (χ0v) is 11.9. The van der Waals surface area contributed by atoms with Crippen molar-refractivity contribution in [3.05, 3.63) is 30.0 Å². The molecule has 1 aromatic heterocycles. The smallest absolute Gasteiger partial charge is 0.270 e. The molecule has 20 heavy (non-hydrogen) atoms. The molecule has 1 saturated heterocycles. The van der Waals surface area contributed by atoms with Gasteiger partial charge < -0.3 is 20.5 Å². The summed E-state index contributed by atoms with van der Waals surface area (Å²) in [5.41, 5.74) is 8.08. The first-order chi connectivity index (χ1) is 9.54. The van der Waals surface area contributed by atoms with Gasteiger partial charge in [-0.3, -0.25) is 4.79 Å². The van der Waals surface area contributed by atoms with E-state index in [0.717, 1.165) is 30.5 Å². The van der Waals surface area contributed by atoms with Gasteiger partial charge >= 0.3 is 0 Å². The number of carbonyl (C=O) groups is 1. The summed E-state index contributed by atoms with van der Waals surface area (Å²) in [6, 6.07) is 7.76. The lowest BCUT2D eigenvalue weighted by Crippen LogP contribution is -2.52. The third-order valence-electron chi connectivity index (χ3n) is 3.97. The molecule has 3 rings (SSSR count). The van der Waals surface area contributed by atoms with Gasteiger partial charge in [-0.15, -0.1) is 0 Å². The molecule has 0 radical (unpaired) electrons. The Labute approximate surface area is 118 Å². The molecule has 1 aliphatic rings. The van der Waals surface area contributed by atoms with E-state index in [9.17, 15) is 4.79 Å². The van der Waals surface area contributed by atoms with Crippen molar-refractivity contribution < 1.29 is 4.79 Å². The summed E-state index contributed by atoms with van der Waals surface area (Å²) < 4.78 is 0. The Morgan fingerprint density at radius 2 is 2.15 bits per heavy atom. The molecular weight excluding hydrogens is 252 g/mol. The average Bonchev–Trinajstić information content (AvgIpc) is 2.81. The molecule has 1 fully saturated rings. The van der Waals surface area contributed by atoms with Gasteiger partial charge in [0, 0.05) is 42.3 Å². The highest BCUT2D eigenvalue weighted by Gasteiger charge is 2.27. The first-order valence-electron chi connectivity index (χ1n) is 6.92. The first kappa shape index (κ1) is 13.0. The molecule has 2 aromatic rings. The van der Waals surface area contributed by atoms with Crippen LogP contribution in [0.5, 0.6) is 0 Å². The second kappa shape index (κ2) is 4.83. The van der Waals surface area contributed by atoms with E-state index >= 15 is 0 Å². The number of aromatic amines is 1. The lowest BCUT2D eigenvalue weighted by molar-refractivity contribution is 0.0528. The number of rotatable bonds is 1. The number of nitrogens with two attached hydrogens (primary N) is 1. The number of benzene rings is 1. The molecule has 5 heteroatoms. The molecule has 0 aliphatic carbocycles. The van der Waals surface area contributed by atoms with Gasteiger partial charge in [0.05, 0.1) is 0 Å². The van der Waals surface area contributed by atoms with Crippen molar-refractivity contribution in [2.75, 3.05) is 32.4 Å². The number of fused-ring (bicyclic) bond motifs is 1. The first-order valence-corrected chi connectivity index (χ1v) is 6.92. The SMILES string of the molecule is CC1CN(C)CCN1C(=O)c1cc2cc(N)ccc2[nH]1. The van der Waals surface area contributed by atoms with E-state index < -0.39 is 0 Å². The maximum Gasteiger partial charge on any atom is 0.270 e. The number of piperazine rings is 1. The standard InChI is InChI=1S/C15H20N4O/c1-10-9-18(2)5-6-19(10)15(20)14-8-11-7-12(16)3-4-13(11)17-14/h3-4,7-8,10,17H,5-6,9,16H2,1-2H3. The summed E-state index contributed by atoms with van der Waals surface area (Å²) >= 11 is 0. The number of nitrogen functional groups attached to an aromatic ring is 1. The Morgan fingerprint density at radius 3 is 2.90 bits per heavy atom. The molecule has 2 heterocycles. The molecule has 0 bridgehead atoms. The van der Waals surface area contributed by atoms with Crippen molar-refractivity contribution in [3.8, 4) is 0 Å². The maximum atomic E-state index is 12.6. The van der Waals surface area contributed by atoms with Gasteiger partial charge in [-0.25, -0.2) is 0 Å². The summed E-state index contributed by atoms with van der Waals surface area (Å²) in [5, 5.41) is 0.982. The van der Waals surface area contributed by atoms with Gasteiger partial charge in [0.25, 0.3) is 5.91 Å². The number of nitrogens with one attached hydrogen (secondary N) is 1. The number of anilines is 1. The summed E-state index contributed by atoms with van der Waals surface area (Å²) in [4.78, 5) is 20.0. The summed E-state index contributed by atoms with van der Waals surface area (Å²) in [6.45, 7) is 4.70. The second-order valence-electron chi connectivity index (χ2n) is 5.64. The van der Waals surface area contributed by atoms with Crippen molar-refractivity contribution in [2.24, 2.45) is 0 Å². The van der Waals surface area contributed by atoms with E-state index in [0.29, 0.717) is 11.4 Å². The van der Waals surface area contributed by atoms with Crippen LogP contribution >= 0.6 is 0 Å². The number of H-pyrrole nitrogens is 1. The lowest BCUT2D eigenvalue weighted by Gasteiger charge is -2.38. The van der Waals surface area contributed by atoms with Crippen LogP contribution in [0.15, 0.2) is 24.3 Å². The fourth-order valence-corrected chi connectivity index (χ4v) is 2.86. The van der Waals surface area contributed by atoms with Crippen LogP contribution in [0.3, 0.4) is 0 Å². The fraction of sp³-hybridized carbons (Fsp3) is 0.400. The minimum atomic E-state index is 0.0698. The molecule has 3 N–H and O–H groups in total. The van der Waals surface area contributed by atoms with Gasteiger partial charge in [-0.1, -0.05) is 0 Å². The minimum Gasteiger partial charge on any atom is -0.399 e. The van der Waals surface area contributed by atoms with Gasteiger partial charge in [0.1, 0.15) is 5.69 Å². The van der Waals surface area contributed by atoms with Gasteiger partial charge in [-0.2, -0.15) is 0 Å². The molecule has 1 unspecified atom stereocenters. The largest absolute Gasteiger partial charge is 0.399 e. The molecular formula is C15H20N4O. The summed E-state index contributed by atoms with van der Waals surface area (Å²) in [7, 11) is 2.09. The van der Waals surface area contributed by atoms with Crippen molar-refractivity contribution in [2.45, 2.75) is 13.0 Å². The molecule has 0 spiro atoms. The summed E-state index contributed by atoms with van der Waals surface area (Å²) in [5.74, 6) is 0.0698. The maximum absolute atomic E-state index is 12.6. The predicted octanol–water partition coefficient (Wildman–Crippen LogP) is 1.53. The van der Waals surface area contributed by atoms with E-state index in [1.165, 1.54) is 0 Å². The molecule has 1 aromatic carbocycles. The highest BCUT2D eigenvalue weighted by Crippen LogP contribution is 2.20. The van der Waals surface area contributed by atoms with E-state index in [4.69, 9.17) is 5.73 Å². The Bertz CT molecular complexity index is 648. The highest BCUT2D eigenvalue weighted by atomic mass is 16.2. The van der Waals surface area contributed by atoms with Crippen LogP contribution in [0.4, 0.5) is 5.69 Å². The lowest BCUT2D eigenvalue weighted by atomic mass is 10.2. The van der Waals surface area contributed by atoms with E-state index in [1.54, 1.807) is 0 Å². The Hall–Kier alpha value is -2.01. The highest BCUT2D eigenvalue weighted by molar-refractivity contribution is 5.98. The van der Waals surface area contributed by atoms with E-state index in [-0.39, 0.29) is 11.9 Å². The van der Waals surface area contributed by atoms with Crippen LogP contribution in [-0.4, -0.2) is 53.4 Å². The predicted molar refractivity (Wildman–Crippen MR) is 80.7 cm³/mol. The second-order valence-corrected chi connectivity index (χ2v) is 5.64. The molecule has 5 nitrogen and oxygen atoms in total. The fourth-order valence-electron chi connectivity index (χ4n) is 2.86. The number of aromatic nitrogens is 1. The quantitative estimate of drug-likeness (QED) is 0.774. The van der Waals surface area contributed by atoms with Crippen LogP contribution in [0.25, 0.3) is 10.9 Å². The van der Waals surface area contributed by atoms with Crippen LogP contribution in [0.2, 0.25) is 0 Å². The zero-order valence-electron chi connectivity index (χ0n) is 11.9. The normalized spacial score (nSPS) is 20.5. The van der Waals surface area contributed by atoms with E-state index in [1.807, 2.05) is 29.2 Å². The van der Waals surface area contributed by atoms with Gasteiger partial charge in [0.15, 0.2) is 0 Å². The van der Waals surface area contributed by atoms with Crippen molar-refractivity contribution in [1.29, 1.82) is 0 Å². The molecule has 1 aliphatic heterocycles. The van der Waals surface area contributed by atoms with Crippen LogP contribution < -0.4 is 5.73 Å². The molecule has 1 amide bonds. The van der Waals surface area contributed by atoms with Crippen LogP contribution in [0, 0.1) is 0 Å².